The minimum absolute atomic E-state index is 0.275. The molecule has 17 heavy (non-hydrogen) atoms. The maximum Gasteiger partial charge on any atom is 0.118 e. The Balaban J connectivity index is 2.52. The molecule has 0 radical (unpaired) electrons. The number of methoxy groups -OCH3 is 1. The van der Waals surface area contributed by atoms with E-state index in [-0.39, 0.29) is 4.75 Å². The summed E-state index contributed by atoms with van der Waals surface area (Å²) < 4.78 is 5.43. The van der Waals surface area contributed by atoms with Crippen LogP contribution in [0.15, 0.2) is 41.8 Å². The van der Waals surface area contributed by atoms with Crippen molar-refractivity contribution in [3.63, 3.8) is 0 Å². The van der Waals surface area contributed by atoms with Crippen molar-refractivity contribution in [3.05, 3.63) is 36.9 Å². The Bertz CT molecular complexity index is 340. The smallest absolute Gasteiger partial charge is 0.118 e. The summed E-state index contributed by atoms with van der Waals surface area (Å²) in [5.41, 5.74) is 0. The second-order valence-electron chi connectivity index (χ2n) is 4.72. The van der Waals surface area contributed by atoms with Gasteiger partial charge in [0.15, 0.2) is 0 Å². The third-order valence-corrected chi connectivity index (χ3v) is 3.91. The number of hydrogen-bond donors (Lipinski definition) is 0. The number of rotatable bonds is 7. The fourth-order valence-corrected chi connectivity index (χ4v) is 2.84. The third-order valence-electron chi connectivity index (χ3n) is 2.64. The molecule has 1 aromatic carbocycles. The van der Waals surface area contributed by atoms with Gasteiger partial charge in [-0.25, -0.2) is 0 Å². The number of hydrogen-bond acceptors (Lipinski definition) is 2. The monoisotopic (exact) mass is 250 g/mol. The summed E-state index contributed by atoms with van der Waals surface area (Å²) in [6.07, 6.45) is 5.51. The zero-order valence-electron chi connectivity index (χ0n) is 11.0. The standard InChI is InChI=1S/C15H22OS/c1-5-6-7-12-15(2,3)17-14-10-8-13(16-4)9-11-14/h5,8-11H,1,6-7,12H2,2-4H3. The van der Waals surface area contributed by atoms with E-state index in [1.165, 1.54) is 17.7 Å². The molecule has 0 saturated carbocycles. The highest BCUT2D eigenvalue weighted by molar-refractivity contribution is 8.00. The summed E-state index contributed by atoms with van der Waals surface area (Å²) in [5.74, 6) is 0.916. The van der Waals surface area contributed by atoms with E-state index in [4.69, 9.17) is 4.74 Å². The van der Waals surface area contributed by atoms with Crippen LogP contribution >= 0.6 is 11.8 Å². The van der Waals surface area contributed by atoms with E-state index in [2.05, 4.69) is 32.6 Å². The van der Waals surface area contributed by atoms with Gasteiger partial charge in [-0.05, 0) is 43.5 Å². The number of allylic oxidation sites excluding steroid dienone is 1. The number of benzene rings is 1. The van der Waals surface area contributed by atoms with Gasteiger partial charge < -0.3 is 4.74 Å². The predicted octanol–water partition coefficient (Wildman–Crippen LogP) is 4.92. The Labute approximate surface area is 109 Å². The fraction of sp³-hybridized carbons (Fsp3) is 0.467. The highest BCUT2D eigenvalue weighted by Crippen LogP contribution is 2.36. The lowest BCUT2D eigenvalue weighted by Gasteiger charge is -2.23. The molecule has 2 heteroatoms. The molecule has 0 N–H and O–H groups in total. The van der Waals surface area contributed by atoms with Crippen LogP contribution in [0.5, 0.6) is 5.75 Å². The van der Waals surface area contributed by atoms with Gasteiger partial charge in [-0.15, -0.1) is 18.3 Å². The second-order valence-corrected chi connectivity index (χ2v) is 6.50. The lowest BCUT2D eigenvalue weighted by Crippen LogP contribution is -2.13. The molecular weight excluding hydrogens is 228 g/mol. The van der Waals surface area contributed by atoms with Crippen LogP contribution in [0.25, 0.3) is 0 Å². The minimum atomic E-state index is 0.275. The molecule has 0 bridgehead atoms. The van der Waals surface area contributed by atoms with E-state index >= 15 is 0 Å². The molecule has 0 saturated heterocycles. The van der Waals surface area contributed by atoms with E-state index in [1.807, 2.05) is 30.0 Å². The molecule has 0 aliphatic carbocycles. The van der Waals surface area contributed by atoms with Gasteiger partial charge in [0.05, 0.1) is 7.11 Å². The van der Waals surface area contributed by atoms with Crippen molar-refractivity contribution in [3.8, 4) is 5.75 Å². The first-order valence-electron chi connectivity index (χ1n) is 6.01. The Morgan fingerprint density at radius 3 is 2.47 bits per heavy atom. The lowest BCUT2D eigenvalue weighted by molar-refractivity contribution is 0.414. The summed E-state index contributed by atoms with van der Waals surface area (Å²) in [4.78, 5) is 1.30. The van der Waals surface area contributed by atoms with Crippen molar-refractivity contribution in [2.24, 2.45) is 0 Å². The quantitative estimate of drug-likeness (QED) is 0.386. The van der Waals surface area contributed by atoms with Gasteiger partial charge in [0.2, 0.25) is 0 Å². The third kappa shape index (κ3) is 5.31. The molecule has 0 aliphatic heterocycles. The maximum atomic E-state index is 5.16. The Kier molecular flexibility index (Phi) is 5.63. The van der Waals surface area contributed by atoms with Crippen LogP contribution in [0.1, 0.15) is 33.1 Å². The molecule has 1 nitrogen and oxygen atoms in total. The van der Waals surface area contributed by atoms with Gasteiger partial charge in [-0.3, -0.25) is 0 Å². The van der Waals surface area contributed by atoms with Crippen molar-refractivity contribution in [2.75, 3.05) is 7.11 Å². The average Bonchev–Trinajstić information content (AvgIpc) is 2.30. The maximum absolute atomic E-state index is 5.16. The van der Waals surface area contributed by atoms with Gasteiger partial charge >= 0.3 is 0 Å². The molecule has 0 amide bonds. The van der Waals surface area contributed by atoms with Crippen LogP contribution < -0.4 is 4.74 Å². The van der Waals surface area contributed by atoms with E-state index < -0.39 is 0 Å². The number of ether oxygens (including phenoxy) is 1. The number of thioether (sulfide) groups is 1. The zero-order valence-corrected chi connectivity index (χ0v) is 11.8. The average molecular weight is 250 g/mol. The molecule has 0 fully saturated rings. The van der Waals surface area contributed by atoms with Crippen molar-refractivity contribution in [1.29, 1.82) is 0 Å². The predicted molar refractivity (Wildman–Crippen MR) is 77.0 cm³/mol. The van der Waals surface area contributed by atoms with E-state index in [1.54, 1.807) is 7.11 Å². The summed E-state index contributed by atoms with van der Waals surface area (Å²) in [6.45, 7) is 8.36. The zero-order chi connectivity index (χ0) is 12.7. The minimum Gasteiger partial charge on any atom is -0.497 e. The molecule has 1 aromatic rings. The lowest BCUT2D eigenvalue weighted by atomic mass is 10.1. The highest BCUT2D eigenvalue weighted by Gasteiger charge is 2.18. The van der Waals surface area contributed by atoms with Gasteiger partial charge in [0, 0.05) is 9.64 Å². The van der Waals surface area contributed by atoms with Gasteiger partial charge in [-0.2, -0.15) is 0 Å². The summed E-state index contributed by atoms with van der Waals surface area (Å²) in [6, 6.07) is 8.28. The first kappa shape index (κ1) is 14.2. The van der Waals surface area contributed by atoms with Crippen LogP contribution in [-0.2, 0) is 0 Å². The largest absolute Gasteiger partial charge is 0.497 e. The van der Waals surface area contributed by atoms with Crippen LogP contribution in [0, 0.1) is 0 Å². The van der Waals surface area contributed by atoms with E-state index in [9.17, 15) is 0 Å². The molecule has 0 aliphatic rings. The Hall–Kier alpha value is -0.890. The normalized spacial score (nSPS) is 11.2. The second kappa shape index (κ2) is 6.75. The van der Waals surface area contributed by atoms with Crippen LogP contribution in [-0.4, -0.2) is 11.9 Å². The van der Waals surface area contributed by atoms with Crippen molar-refractivity contribution < 1.29 is 4.74 Å². The van der Waals surface area contributed by atoms with Crippen LogP contribution in [0.4, 0.5) is 0 Å². The molecule has 0 heterocycles. The topological polar surface area (TPSA) is 9.23 Å². The van der Waals surface area contributed by atoms with Crippen molar-refractivity contribution in [1.82, 2.24) is 0 Å². The summed E-state index contributed by atoms with van der Waals surface area (Å²) in [5, 5.41) is 0. The summed E-state index contributed by atoms with van der Waals surface area (Å²) >= 11 is 1.93. The molecule has 0 aromatic heterocycles. The molecule has 0 spiro atoms. The van der Waals surface area contributed by atoms with Gasteiger partial charge in [0.1, 0.15) is 5.75 Å². The van der Waals surface area contributed by atoms with E-state index in [0.29, 0.717) is 0 Å². The van der Waals surface area contributed by atoms with Crippen molar-refractivity contribution in [2.45, 2.75) is 42.8 Å². The molecule has 0 unspecified atom stereocenters. The highest BCUT2D eigenvalue weighted by atomic mass is 32.2. The SMILES string of the molecule is C=CCCCC(C)(C)Sc1ccc(OC)cc1. The van der Waals surface area contributed by atoms with Crippen molar-refractivity contribution >= 4 is 11.8 Å². The molecule has 0 atom stereocenters. The molecule has 1 rings (SSSR count). The van der Waals surface area contributed by atoms with Crippen LogP contribution in [0.3, 0.4) is 0 Å². The van der Waals surface area contributed by atoms with E-state index in [0.717, 1.165) is 12.2 Å². The molecule has 94 valence electrons. The fourth-order valence-electron chi connectivity index (χ4n) is 1.69. The molecular formula is C15H22OS. The first-order valence-corrected chi connectivity index (χ1v) is 6.83. The number of unbranched alkanes of at least 4 members (excludes halogenated alkanes) is 1. The Morgan fingerprint density at radius 1 is 1.29 bits per heavy atom. The van der Waals surface area contributed by atoms with Crippen LogP contribution in [0.2, 0.25) is 0 Å². The first-order chi connectivity index (χ1) is 8.07. The van der Waals surface area contributed by atoms with Gasteiger partial charge in [0.25, 0.3) is 0 Å². The Morgan fingerprint density at radius 2 is 1.94 bits per heavy atom. The summed E-state index contributed by atoms with van der Waals surface area (Å²) in [7, 11) is 1.70. The van der Waals surface area contributed by atoms with Gasteiger partial charge in [-0.1, -0.05) is 19.9 Å².